The third kappa shape index (κ3) is 2.78. The lowest BCUT2D eigenvalue weighted by Crippen LogP contribution is -2.45. The lowest BCUT2D eigenvalue weighted by Gasteiger charge is -2.40. The SMILES string of the molecule is Cc1cc(C)cc(OC2(CC(=O)O)CCC2)c1. The third-order valence-electron chi connectivity index (χ3n) is 3.27. The molecule has 3 heteroatoms. The van der Waals surface area contributed by atoms with Gasteiger partial charge in [0.1, 0.15) is 11.4 Å². The van der Waals surface area contributed by atoms with Crippen molar-refractivity contribution in [1.29, 1.82) is 0 Å². The summed E-state index contributed by atoms with van der Waals surface area (Å²) in [6.07, 6.45) is 2.83. The van der Waals surface area contributed by atoms with Crippen molar-refractivity contribution in [2.24, 2.45) is 0 Å². The highest BCUT2D eigenvalue weighted by Crippen LogP contribution is 2.39. The average molecular weight is 234 g/mol. The number of carboxylic acids is 1. The predicted octanol–water partition coefficient (Wildman–Crippen LogP) is 3.08. The molecule has 0 heterocycles. The molecule has 0 saturated heterocycles. The number of carboxylic acid groups (broad SMARTS) is 1. The first-order valence-electron chi connectivity index (χ1n) is 5.98. The average Bonchev–Trinajstić information content (AvgIpc) is 2.11. The predicted molar refractivity (Wildman–Crippen MR) is 65.4 cm³/mol. The van der Waals surface area contributed by atoms with Gasteiger partial charge in [0.2, 0.25) is 0 Å². The van der Waals surface area contributed by atoms with Crippen LogP contribution in [0.2, 0.25) is 0 Å². The maximum atomic E-state index is 10.9. The molecule has 1 aliphatic rings. The fourth-order valence-electron chi connectivity index (χ4n) is 2.40. The Balaban J connectivity index is 2.15. The molecule has 1 fully saturated rings. The molecule has 3 nitrogen and oxygen atoms in total. The van der Waals surface area contributed by atoms with Gasteiger partial charge >= 0.3 is 5.97 Å². The molecule has 0 unspecified atom stereocenters. The molecule has 0 atom stereocenters. The summed E-state index contributed by atoms with van der Waals surface area (Å²) in [7, 11) is 0. The molecule has 1 aromatic carbocycles. The van der Waals surface area contributed by atoms with Crippen LogP contribution in [0.3, 0.4) is 0 Å². The number of benzene rings is 1. The molecule has 2 rings (SSSR count). The van der Waals surface area contributed by atoms with Gasteiger partial charge in [-0.3, -0.25) is 4.79 Å². The zero-order valence-electron chi connectivity index (χ0n) is 10.3. The third-order valence-corrected chi connectivity index (χ3v) is 3.27. The summed E-state index contributed by atoms with van der Waals surface area (Å²) in [4.78, 5) is 10.9. The van der Waals surface area contributed by atoms with Crippen molar-refractivity contribution in [2.75, 3.05) is 0 Å². The van der Waals surface area contributed by atoms with Gasteiger partial charge in [-0.2, -0.15) is 0 Å². The number of aliphatic carboxylic acids is 1. The molecule has 0 amide bonds. The Morgan fingerprint density at radius 3 is 2.29 bits per heavy atom. The highest BCUT2D eigenvalue weighted by atomic mass is 16.5. The van der Waals surface area contributed by atoms with Crippen LogP contribution in [0, 0.1) is 13.8 Å². The van der Waals surface area contributed by atoms with Crippen LogP contribution in [0.5, 0.6) is 5.75 Å². The first-order chi connectivity index (χ1) is 7.99. The minimum atomic E-state index is -0.783. The molecule has 0 spiro atoms. The van der Waals surface area contributed by atoms with Crippen molar-refractivity contribution in [1.82, 2.24) is 0 Å². The van der Waals surface area contributed by atoms with Gasteiger partial charge in [-0.25, -0.2) is 0 Å². The lowest BCUT2D eigenvalue weighted by atomic mass is 9.77. The van der Waals surface area contributed by atoms with Gasteiger partial charge in [0.15, 0.2) is 0 Å². The number of carbonyl (C=O) groups is 1. The zero-order valence-corrected chi connectivity index (χ0v) is 10.3. The molecular formula is C14H18O3. The monoisotopic (exact) mass is 234 g/mol. The molecule has 1 aromatic rings. The second-order valence-corrected chi connectivity index (χ2v) is 5.03. The maximum absolute atomic E-state index is 10.9. The van der Waals surface area contributed by atoms with Crippen molar-refractivity contribution in [3.63, 3.8) is 0 Å². The molecule has 0 aromatic heterocycles. The minimum Gasteiger partial charge on any atom is -0.487 e. The summed E-state index contributed by atoms with van der Waals surface area (Å²) in [5.41, 5.74) is 1.82. The molecule has 1 aliphatic carbocycles. The van der Waals surface area contributed by atoms with Crippen LogP contribution in [0.15, 0.2) is 18.2 Å². The van der Waals surface area contributed by atoms with Gasteiger partial charge in [-0.1, -0.05) is 6.07 Å². The van der Waals surface area contributed by atoms with E-state index in [0.717, 1.165) is 36.1 Å². The van der Waals surface area contributed by atoms with E-state index in [2.05, 4.69) is 6.07 Å². The maximum Gasteiger partial charge on any atom is 0.307 e. The van der Waals surface area contributed by atoms with Gasteiger partial charge in [0.05, 0.1) is 6.42 Å². The summed E-state index contributed by atoms with van der Waals surface area (Å²) in [6, 6.07) is 6.02. The van der Waals surface area contributed by atoms with Crippen molar-refractivity contribution in [3.05, 3.63) is 29.3 Å². The molecule has 92 valence electrons. The summed E-state index contributed by atoms with van der Waals surface area (Å²) < 4.78 is 5.93. The Kier molecular flexibility index (Phi) is 3.09. The molecule has 0 bridgehead atoms. The van der Waals surface area contributed by atoms with E-state index in [0.29, 0.717) is 0 Å². The first-order valence-corrected chi connectivity index (χ1v) is 5.98. The fourth-order valence-corrected chi connectivity index (χ4v) is 2.40. The number of hydrogen-bond donors (Lipinski definition) is 1. The lowest BCUT2D eigenvalue weighted by molar-refractivity contribution is -0.144. The van der Waals surface area contributed by atoms with Gasteiger partial charge in [-0.05, 0) is 56.4 Å². The van der Waals surface area contributed by atoms with Crippen LogP contribution in [0.25, 0.3) is 0 Å². The van der Waals surface area contributed by atoms with Crippen LogP contribution in [-0.2, 0) is 4.79 Å². The summed E-state index contributed by atoms with van der Waals surface area (Å²) in [6.45, 7) is 4.04. The Morgan fingerprint density at radius 2 is 1.88 bits per heavy atom. The van der Waals surface area contributed by atoms with Gasteiger partial charge in [-0.15, -0.1) is 0 Å². The highest BCUT2D eigenvalue weighted by molar-refractivity contribution is 5.68. The Bertz CT molecular complexity index is 413. The quantitative estimate of drug-likeness (QED) is 0.870. The van der Waals surface area contributed by atoms with Gasteiger partial charge < -0.3 is 9.84 Å². The number of hydrogen-bond acceptors (Lipinski definition) is 2. The number of rotatable bonds is 4. The molecule has 17 heavy (non-hydrogen) atoms. The van der Waals surface area contributed by atoms with Crippen LogP contribution >= 0.6 is 0 Å². The van der Waals surface area contributed by atoms with Crippen molar-refractivity contribution >= 4 is 5.97 Å². The summed E-state index contributed by atoms with van der Waals surface area (Å²) >= 11 is 0. The van der Waals surface area contributed by atoms with Crippen LogP contribution < -0.4 is 4.74 Å². The smallest absolute Gasteiger partial charge is 0.307 e. The van der Waals surface area contributed by atoms with Crippen LogP contribution in [0.4, 0.5) is 0 Å². The zero-order chi connectivity index (χ0) is 12.5. The van der Waals surface area contributed by atoms with E-state index in [1.165, 1.54) is 0 Å². The second kappa shape index (κ2) is 4.40. The van der Waals surface area contributed by atoms with Crippen molar-refractivity contribution in [3.8, 4) is 5.75 Å². The number of aryl methyl sites for hydroxylation is 2. The first kappa shape index (κ1) is 12.0. The van der Waals surface area contributed by atoms with E-state index in [1.807, 2.05) is 26.0 Å². The second-order valence-electron chi connectivity index (χ2n) is 5.03. The highest BCUT2D eigenvalue weighted by Gasteiger charge is 2.41. The Morgan fingerprint density at radius 1 is 1.29 bits per heavy atom. The summed E-state index contributed by atoms with van der Waals surface area (Å²) in [5, 5.41) is 8.92. The molecule has 1 saturated carbocycles. The van der Waals surface area contributed by atoms with E-state index in [9.17, 15) is 4.79 Å². The fraction of sp³-hybridized carbons (Fsp3) is 0.500. The number of ether oxygens (including phenoxy) is 1. The minimum absolute atomic E-state index is 0.0972. The van der Waals surface area contributed by atoms with Crippen molar-refractivity contribution in [2.45, 2.75) is 45.1 Å². The Labute approximate surface area is 101 Å². The van der Waals surface area contributed by atoms with E-state index in [1.54, 1.807) is 0 Å². The van der Waals surface area contributed by atoms with Gasteiger partial charge in [0, 0.05) is 0 Å². The largest absolute Gasteiger partial charge is 0.487 e. The van der Waals surface area contributed by atoms with E-state index >= 15 is 0 Å². The summed E-state index contributed by atoms with van der Waals surface area (Å²) in [5.74, 6) is 0.0116. The van der Waals surface area contributed by atoms with Gasteiger partial charge in [0.25, 0.3) is 0 Å². The Hall–Kier alpha value is -1.51. The van der Waals surface area contributed by atoms with E-state index in [4.69, 9.17) is 9.84 Å². The van der Waals surface area contributed by atoms with Crippen LogP contribution in [0.1, 0.15) is 36.8 Å². The standard InChI is InChI=1S/C14H18O3/c1-10-6-11(2)8-12(7-10)17-14(4-3-5-14)9-13(15)16/h6-8H,3-5,9H2,1-2H3,(H,15,16). The normalized spacial score (nSPS) is 17.3. The molecule has 1 N–H and O–H groups in total. The van der Waals surface area contributed by atoms with E-state index in [-0.39, 0.29) is 6.42 Å². The molecular weight excluding hydrogens is 216 g/mol. The van der Waals surface area contributed by atoms with Crippen molar-refractivity contribution < 1.29 is 14.6 Å². The van der Waals surface area contributed by atoms with E-state index < -0.39 is 11.6 Å². The topological polar surface area (TPSA) is 46.5 Å². The molecule has 0 aliphatic heterocycles. The van der Waals surface area contributed by atoms with Crippen LogP contribution in [-0.4, -0.2) is 16.7 Å². The molecule has 0 radical (unpaired) electrons.